The Labute approximate surface area is 149 Å². The van der Waals surface area contributed by atoms with Crippen molar-refractivity contribution in [2.75, 3.05) is 13.1 Å². The minimum Gasteiger partial charge on any atom is -0.508 e. The first kappa shape index (κ1) is 17.5. The van der Waals surface area contributed by atoms with E-state index in [1.165, 1.54) is 18.4 Å². The van der Waals surface area contributed by atoms with E-state index >= 15 is 0 Å². The summed E-state index contributed by atoms with van der Waals surface area (Å²) in [5.41, 5.74) is -0.120. The van der Waals surface area contributed by atoms with E-state index in [-0.39, 0.29) is 34.6 Å². The van der Waals surface area contributed by atoms with Crippen LogP contribution in [0.3, 0.4) is 0 Å². The molecule has 1 aromatic carbocycles. The molecule has 1 fully saturated rings. The van der Waals surface area contributed by atoms with E-state index in [0.717, 1.165) is 12.5 Å². The number of aromatic hydroxyl groups is 1. The number of nitrogens with zero attached hydrogens (tertiary/aromatic N) is 1. The van der Waals surface area contributed by atoms with E-state index in [1.807, 2.05) is 0 Å². The number of piperidine rings is 1. The van der Waals surface area contributed by atoms with Crippen LogP contribution in [0.5, 0.6) is 5.75 Å². The second kappa shape index (κ2) is 7.30. The van der Waals surface area contributed by atoms with Gasteiger partial charge in [-0.25, -0.2) is 4.79 Å². The lowest BCUT2D eigenvalue weighted by atomic mass is 10.0. The summed E-state index contributed by atoms with van der Waals surface area (Å²) in [6.07, 6.45) is 2.84. The molecule has 2 amide bonds. The van der Waals surface area contributed by atoms with E-state index in [1.54, 1.807) is 17.0 Å². The third kappa shape index (κ3) is 3.85. The summed E-state index contributed by atoms with van der Waals surface area (Å²) in [6.45, 7) is 0.900. The molecule has 1 aromatic heterocycles. The largest absolute Gasteiger partial charge is 0.508 e. The Morgan fingerprint density at radius 3 is 2.65 bits per heavy atom. The van der Waals surface area contributed by atoms with Gasteiger partial charge in [0.25, 0.3) is 11.8 Å². The fraction of sp³-hybridized carbons (Fsp3) is 0.278. The number of carboxylic acids is 1. The first-order valence-corrected chi connectivity index (χ1v) is 8.15. The van der Waals surface area contributed by atoms with E-state index in [0.29, 0.717) is 19.5 Å². The number of nitrogens with one attached hydrogen (secondary N) is 1. The monoisotopic (exact) mass is 358 g/mol. The van der Waals surface area contributed by atoms with E-state index in [2.05, 4.69) is 5.32 Å². The maximum absolute atomic E-state index is 12.4. The number of benzene rings is 1. The number of phenolic OH excluding ortho intramolecular Hbond substituents is 1. The summed E-state index contributed by atoms with van der Waals surface area (Å²) in [6, 6.07) is 6.43. The molecule has 0 spiro atoms. The Morgan fingerprint density at radius 2 is 1.96 bits per heavy atom. The van der Waals surface area contributed by atoms with Crippen molar-refractivity contribution in [3.05, 3.63) is 53.5 Å². The van der Waals surface area contributed by atoms with Crippen molar-refractivity contribution < 1.29 is 29.0 Å². The molecule has 8 nitrogen and oxygen atoms in total. The van der Waals surface area contributed by atoms with Gasteiger partial charge in [-0.1, -0.05) is 0 Å². The zero-order chi connectivity index (χ0) is 18.7. The van der Waals surface area contributed by atoms with E-state index in [9.17, 15) is 19.5 Å². The minimum absolute atomic E-state index is 0.0527. The second-order valence-corrected chi connectivity index (χ2v) is 6.11. The van der Waals surface area contributed by atoms with Crippen LogP contribution < -0.4 is 5.32 Å². The Balaban J connectivity index is 1.68. The lowest BCUT2D eigenvalue weighted by Gasteiger charge is -2.32. The number of rotatable bonds is 4. The highest BCUT2D eigenvalue weighted by molar-refractivity contribution is 5.98. The molecule has 0 radical (unpaired) electrons. The molecule has 0 bridgehead atoms. The number of amides is 2. The molecule has 3 N–H and O–H groups in total. The van der Waals surface area contributed by atoms with Crippen LogP contribution in [-0.4, -0.2) is 52.0 Å². The van der Waals surface area contributed by atoms with Crippen LogP contribution in [-0.2, 0) is 0 Å². The number of carbonyl (C=O) groups excluding carboxylic acids is 2. The molecule has 1 atom stereocenters. The SMILES string of the molecule is O=C(O)c1cc(O)cc(C(=O)NC2CCCN(C(=O)c3ccco3)C2)c1. The summed E-state index contributed by atoms with van der Waals surface area (Å²) in [5.74, 6) is -2.02. The number of hydrogen-bond donors (Lipinski definition) is 3. The summed E-state index contributed by atoms with van der Waals surface area (Å²) < 4.78 is 5.12. The fourth-order valence-corrected chi connectivity index (χ4v) is 2.97. The van der Waals surface area contributed by atoms with Gasteiger partial charge in [-0.3, -0.25) is 9.59 Å². The van der Waals surface area contributed by atoms with Crippen molar-refractivity contribution in [2.24, 2.45) is 0 Å². The number of furan rings is 1. The number of likely N-dealkylation sites (tertiary alicyclic amines) is 1. The van der Waals surface area contributed by atoms with Crippen LogP contribution in [0, 0.1) is 0 Å². The number of carbonyl (C=O) groups is 3. The third-order valence-electron chi connectivity index (χ3n) is 4.20. The summed E-state index contributed by atoms with van der Waals surface area (Å²) in [5, 5.41) is 21.4. The van der Waals surface area contributed by atoms with E-state index < -0.39 is 11.9 Å². The predicted octanol–water partition coefficient (Wildman–Crippen LogP) is 1.72. The van der Waals surface area contributed by atoms with Crippen LogP contribution in [0.15, 0.2) is 41.0 Å². The van der Waals surface area contributed by atoms with Gasteiger partial charge in [0.15, 0.2) is 5.76 Å². The topological polar surface area (TPSA) is 120 Å². The Morgan fingerprint density at radius 1 is 1.19 bits per heavy atom. The van der Waals surface area contributed by atoms with Crippen molar-refractivity contribution in [3.8, 4) is 5.75 Å². The van der Waals surface area contributed by atoms with Crippen LogP contribution in [0.4, 0.5) is 0 Å². The van der Waals surface area contributed by atoms with Gasteiger partial charge >= 0.3 is 5.97 Å². The molecule has 8 heteroatoms. The maximum atomic E-state index is 12.4. The highest BCUT2D eigenvalue weighted by Crippen LogP contribution is 2.18. The van der Waals surface area contributed by atoms with Gasteiger partial charge in [-0.05, 0) is 43.2 Å². The fourth-order valence-electron chi connectivity index (χ4n) is 2.97. The Hall–Kier alpha value is -3.29. The van der Waals surface area contributed by atoms with Gasteiger partial charge in [-0.2, -0.15) is 0 Å². The average Bonchev–Trinajstić information content (AvgIpc) is 3.15. The second-order valence-electron chi connectivity index (χ2n) is 6.11. The molecular formula is C18H18N2O6. The normalized spacial score (nSPS) is 16.9. The Bertz CT molecular complexity index is 830. The highest BCUT2D eigenvalue weighted by Gasteiger charge is 2.27. The molecule has 1 saturated heterocycles. The third-order valence-corrected chi connectivity index (χ3v) is 4.20. The first-order chi connectivity index (χ1) is 12.4. The van der Waals surface area contributed by atoms with Gasteiger partial charge in [0.05, 0.1) is 11.8 Å². The summed E-state index contributed by atoms with van der Waals surface area (Å²) in [7, 11) is 0. The number of phenols is 1. The molecule has 0 aliphatic carbocycles. The first-order valence-electron chi connectivity index (χ1n) is 8.15. The van der Waals surface area contributed by atoms with Crippen LogP contribution in [0.25, 0.3) is 0 Å². The summed E-state index contributed by atoms with van der Waals surface area (Å²) in [4.78, 5) is 37.4. The lowest BCUT2D eigenvalue weighted by molar-refractivity contribution is 0.0645. The molecule has 2 aromatic rings. The zero-order valence-electron chi connectivity index (χ0n) is 13.8. The number of carboxylic acid groups (broad SMARTS) is 1. The number of aromatic carboxylic acids is 1. The van der Waals surface area contributed by atoms with Gasteiger partial charge in [0.2, 0.25) is 0 Å². The molecule has 1 unspecified atom stereocenters. The van der Waals surface area contributed by atoms with E-state index in [4.69, 9.17) is 9.52 Å². The predicted molar refractivity (Wildman–Crippen MR) is 90.2 cm³/mol. The molecular weight excluding hydrogens is 340 g/mol. The van der Waals surface area contributed by atoms with Crippen molar-refractivity contribution in [1.29, 1.82) is 0 Å². The molecule has 3 rings (SSSR count). The van der Waals surface area contributed by atoms with Crippen molar-refractivity contribution >= 4 is 17.8 Å². The highest BCUT2D eigenvalue weighted by atomic mass is 16.4. The maximum Gasteiger partial charge on any atom is 0.335 e. The lowest BCUT2D eigenvalue weighted by Crippen LogP contribution is -2.49. The molecule has 26 heavy (non-hydrogen) atoms. The average molecular weight is 358 g/mol. The van der Waals surface area contributed by atoms with Gasteiger partial charge < -0.3 is 24.8 Å². The summed E-state index contributed by atoms with van der Waals surface area (Å²) >= 11 is 0. The minimum atomic E-state index is -1.23. The quantitative estimate of drug-likeness (QED) is 0.765. The molecule has 1 aliphatic rings. The van der Waals surface area contributed by atoms with Crippen molar-refractivity contribution in [1.82, 2.24) is 10.2 Å². The standard InChI is InChI=1S/C18H18N2O6/c21-14-8-11(7-12(9-14)18(24)25)16(22)19-13-3-1-5-20(10-13)17(23)15-4-2-6-26-15/h2,4,6-9,13,21H,1,3,5,10H2,(H,19,22)(H,24,25). The van der Waals surface area contributed by atoms with Crippen LogP contribution in [0.2, 0.25) is 0 Å². The number of hydrogen-bond acceptors (Lipinski definition) is 5. The smallest absolute Gasteiger partial charge is 0.335 e. The van der Waals surface area contributed by atoms with Crippen LogP contribution in [0.1, 0.15) is 44.1 Å². The van der Waals surface area contributed by atoms with Gasteiger partial charge in [-0.15, -0.1) is 0 Å². The van der Waals surface area contributed by atoms with Crippen LogP contribution >= 0.6 is 0 Å². The molecule has 1 aliphatic heterocycles. The molecule has 136 valence electrons. The van der Waals surface area contributed by atoms with Gasteiger partial charge in [0, 0.05) is 24.7 Å². The van der Waals surface area contributed by atoms with Crippen molar-refractivity contribution in [2.45, 2.75) is 18.9 Å². The Kier molecular flexibility index (Phi) is 4.92. The van der Waals surface area contributed by atoms with Gasteiger partial charge in [0.1, 0.15) is 5.75 Å². The molecule has 2 heterocycles. The zero-order valence-corrected chi connectivity index (χ0v) is 13.8. The molecule has 0 saturated carbocycles. The van der Waals surface area contributed by atoms with Crippen molar-refractivity contribution in [3.63, 3.8) is 0 Å².